The number of rotatable bonds is 4. The molecule has 27 heavy (non-hydrogen) atoms. The number of thiol groups is 1. The fourth-order valence-electron chi connectivity index (χ4n) is 3.39. The minimum absolute atomic E-state index is 0.476. The number of H-pyrrole nitrogens is 1. The number of aliphatic hydroxyl groups is 1. The number of imidazole rings is 1. The van der Waals surface area contributed by atoms with Gasteiger partial charge >= 0.3 is 0 Å². The first kappa shape index (κ1) is 15.1. The van der Waals surface area contributed by atoms with E-state index in [1.165, 1.54) is 0 Å². The minimum Gasteiger partial charge on any atom is -0.376 e. The number of hydrogen-bond acceptors (Lipinski definition) is 6. The molecule has 10 heteroatoms. The molecule has 2 N–H and O–H groups in total. The van der Waals surface area contributed by atoms with Gasteiger partial charge < -0.3 is 5.11 Å². The molecule has 0 radical (unpaired) electrons. The number of hydrogen-bond donors (Lipinski definition) is 3. The van der Waals surface area contributed by atoms with Crippen LogP contribution >= 0.6 is 11.1 Å². The Morgan fingerprint density at radius 2 is 2.19 bits per heavy atom. The van der Waals surface area contributed by atoms with Gasteiger partial charge in [-0.3, -0.25) is 9.07 Å². The summed E-state index contributed by atoms with van der Waals surface area (Å²) in [7, 11) is 0. The van der Waals surface area contributed by atoms with E-state index >= 15 is 0 Å². The largest absolute Gasteiger partial charge is 0.376 e. The molecule has 4 aromatic rings. The SMILES string of the molecule is OC(c1cn(-c2ccc3[nH]ncc3c2)nn1)[SH]1C(C2CC2)=Nc2cncn21. The van der Waals surface area contributed by atoms with Crippen LogP contribution < -0.4 is 0 Å². The highest BCUT2D eigenvalue weighted by Crippen LogP contribution is 2.55. The van der Waals surface area contributed by atoms with Gasteiger partial charge in [0.25, 0.3) is 0 Å². The molecule has 0 amide bonds. The van der Waals surface area contributed by atoms with Gasteiger partial charge in [0.05, 0.1) is 34.8 Å². The second-order valence-corrected chi connectivity index (χ2v) is 8.86. The average Bonchev–Trinajstić information content (AvgIpc) is 3.11. The van der Waals surface area contributed by atoms with Crippen molar-refractivity contribution >= 4 is 32.8 Å². The van der Waals surface area contributed by atoms with E-state index in [4.69, 9.17) is 4.99 Å². The summed E-state index contributed by atoms with van der Waals surface area (Å²) < 4.78 is 3.67. The first-order valence-corrected chi connectivity index (χ1v) is 10.1. The number of fused-ring (bicyclic) bond motifs is 2. The van der Waals surface area contributed by atoms with Crippen LogP contribution in [0.1, 0.15) is 24.0 Å². The quantitative estimate of drug-likeness (QED) is 0.471. The van der Waals surface area contributed by atoms with Gasteiger partial charge in [0.1, 0.15) is 17.5 Å². The number of aliphatic imine (C=N–C) groups is 1. The van der Waals surface area contributed by atoms with E-state index in [0.717, 1.165) is 40.3 Å². The van der Waals surface area contributed by atoms with Crippen molar-refractivity contribution in [1.82, 2.24) is 34.1 Å². The molecule has 1 aliphatic heterocycles. The number of benzene rings is 1. The van der Waals surface area contributed by atoms with Gasteiger partial charge in [0.15, 0.2) is 5.82 Å². The van der Waals surface area contributed by atoms with Gasteiger partial charge in [-0.1, -0.05) is 16.3 Å². The fraction of sp³-hybridized carbons (Fsp3) is 0.235. The maximum Gasteiger partial charge on any atom is 0.162 e. The topological polar surface area (TPSA) is 110 Å². The lowest BCUT2D eigenvalue weighted by Crippen LogP contribution is -2.12. The lowest BCUT2D eigenvalue weighted by atomic mass is 10.2. The van der Waals surface area contributed by atoms with Crippen molar-refractivity contribution in [2.24, 2.45) is 10.9 Å². The Kier molecular flexibility index (Phi) is 3.08. The Morgan fingerprint density at radius 3 is 3.07 bits per heavy atom. The highest BCUT2D eigenvalue weighted by atomic mass is 32.2. The summed E-state index contributed by atoms with van der Waals surface area (Å²) in [4.78, 5) is 8.89. The van der Waals surface area contributed by atoms with Crippen molar-refractivity contribution in [3.05, 3.63) is 48.8 Å². The monoisotopic (exact) mass is 380 g/mol. The molecule has 136 valence electrons. The van der Waals surface area contributed by atoms with Crippen molar-refractivity contribution in [3.63, 3.8) is 0 Å². The van der Waals surface area contributed by atoms with Crippen LogP contribution in [0.4, 0.5) is 5.82 Å². The summed E-state index contributed by atoms with van der Waals surface area (Å²) >= 11 is -1.05. The summed E-state index contributed by atoms with van der Waals surface area (Å²) in [5.74, 6) is 1.30. The van der Waals surface area contributed by atoms with Crippen LogP contribution in [0.5, 0.6) is 0 Å². The summed E-state index contributed by atoms with van der Waals surface area (Å²) in [5.41, 5.74) is 1.62. The van der Waals surface area contributed by atoms with E-state index < -0.39 is 16.5 Å². The van der Waals surface area contributed by atoms with Crippen LogP contribution in [0, 0.1) is 5.92 Å². The third kappa shape index (κ3) is 2.33. The molecular weight excluding hydrogens is 364 g/mol. The molecule has 0 saturated heterocycles. The first-order chi connectivity index (χ1) is 13.3. The van der Waals surface area contributed by atoms with Gasteiger partial charge in [0, 0.05) is 11.3 Å². The maximum atomic E-state index is 11.1. The third-order valence-electron chi connectivity index (χ3n) is 4.93. The lowest BCUT2D eigenvalue weighted by molar-refractivity contribution is 0.263. The van der Waals surface area contributed by atoms with Crippen LogP contribution in [0.15, 0.2) is 48.1 Å². The molecule has 2 atom stereocenters. The van der Waals surface area contributed by atoms with E-state index in [1.54, 1.807) is 29.6 Å². The molecule has 1 saturated carbocycles. The predicted octanol–water partition coefficient (Wildman–Crippen LogP) is 2.25. The molecule has 4 heterocycles. The van der Waals surface area contributed by atoms with Crippen molar-refractivity contribution in [2.45, 2.75) is 18.3 Å². The summed E-state index contributed by atoms with van der Waals surface area (Å²) in [6.45, 7) is 0. The van der Waals surface area contributed by atoms with Gasteiger partial charge in [-0.05, 0) is 31.0 Å². The van der Waals surface area contributed by atoms with E-state index in [9.17, 15) is 5.11 Å². The van der Waals surface area contributed by atoms with Crippen LogP contribution in [0.25, 0.3) is 16.6 Å². The Bertz CT molecular complexity index is 1190. The molecule has 9 nitrogen and oxygen atoms in total. The highest BCUT2D eigenvalue weighted by Gasteiger charge is 2.40. The lowest BCUT2D eigenvalue weighted by Gasteiger charge is -2.24. The number of aromatic nitrogens is 7. The van der Waals surface area contributed by atoms with Crippen LogP contribution in [0.2, 0.25) is 0 Å². The molecule has 1 aliphatic carbocycles. The molecule has 0 spiro atoms. The maximum absolute atomic E-state index is 11.1. The minimum atomic E-state index is -1.05. The Labute approximate surface area is 156 Å². The molecule has 6 rings (SSSR count). The molecule has 1 fully saturated rings. The second-order valence-electron chi connectivity index (χ2n) is 6.79. The zero-order valence-electron chi connectivity index (χ0n) is 14.1. The van der Waals surface area contributed by atoms with Crippen LogP contribution in [-0.4, -0.2) is 44.3 Å². The van der Waals surface area contributed by atoms with Crippen molar-refractivity contribution < 1.29 is 5.11 Å². The van der Waals surface area contributed by atoms with E-state index in [0.29, 0.717) is 11.6 Å². The van der Waals surface area contributed by atoms with E-state index in [1.807, 2.05) is 22.2 Å². The highest BCUT2D eigenvalue weighted by molar-refractivity contribution is 8.29. The molecular formula is C17H16N8OS. The van der Waals surface area contributed by atoms with E-state index in [2.05, 4.69) is 25.5 Å². The predicted molar refractivity (Wildman–Crippen MR) is 102 cm³/mol. The zero-order chi connectivity index (χ0) is 18.0. The van der Waals surface area contributed by atoms with Crippen molar-refractivity contribution in [2.75, 3.05) is 0 Å². The summed E-state index contributed by atoms with van der Waals surface area (Å²) in [6, 6.07) is 5.87. The van der Waals surface area contributed by atoms with Crippen LogP contribution in [-0.2, 0) is 0 Å². The smallest absolute Gasteiger partial charge is 0.162 e. The second kappa shape index (κ2) is 5.51. The molecule has 2 aliphatic rings. The molecule has 1 aromatic carbocycles. The number of nitrogens with one attached hydrogen (secondary N) is 1. The van der Waals surface area contributed by atoms with Gasteiger partial charge in [0.2, 0.25) is 0 Å². The Morgan fingerprint density at radius 1 is 1.26 bits per heavy atom. The normalized spacial score (nSPS) is 21.4. The standard InChI is InChI=1S/C17H16N8OS/c26-17(27-16(10-1-2-10)20-15-7-18-9-25(15)27)14-8-24(23-22-14)12-3-4-13-11(5-12)6-19-21-13/h3-10,17,26-27H,1-2H2,(H,19,21). The number of aromatic amines is 1. The van der Waals surface area contributed by atoms with Gasteiger partial charge in [-0.2, -0.15) is 5.10 Å². The fourth-order valence-corrected chi connectivity index (χ4v) is 5.79. The molecule has 3 aromatic heterocycles. The zero-order valence-corrected chi connectivity index (χ0v) is 15.0. The van der Waals surface area contributed by atoms with Crippen molar-refractivity contribution in [3.8, 4) is 5.69 Å². The van der Waals surface area contributed by atoms with Gasteiger partial charge in [-0.15, -0.1) is 5.10 Å². The molecule has 0 bridgehead atoms. The Balaban J connectivity index is 1.35. The summed E-state index contributed by atoms with van der Waals surface area (Å²) in [6.07, 6.45) is 9.33. The molecule has 2 unspecified atom stereocenters. The Hall–Kier alpha value is -2.98. The average molecular weight is 380 g/mol. The van der Waals surface area contributed by atoms with E-state index in [-0.39, 0.29) is 0 Å². The third-order valence-corrected chi connectivity index (χ3v) is 7.37. The van der Waals surface area contributed by atoms with Crippen LogP contribution in [0.3, 0.4) is 0 Å². The van der Waals surface area contributed by atoms with Crippen molar-refractivity contribution in [1.29, 1.82) is 0 Å². The number of aliphatic hydroxyl groups excluding tert-OH is 1. The van der Waals surface area contributed by atoms with Gasteiger partial charge in [-0.25, -0.2) is 14.7 Å². The number of nitrogens with zero attached hydrogens (tertiary/aromatic N) is 7. The summed E-state index contributed by atoms with van der Waals surface area (Å²) in [5, 5.41) is 28.6. The first-order valence-electron chi connectivity index (χ1n) is 8.72.